The Morgan fingerprint density at radius 2 is 1.70 bits per heavy atom. The number of halogens is 2. The minimum absolute atomic E-state index is 0.0343. The summed E-state index contributed by atoms with van der Waals surface area (Å²) in [4.78, 5) is 69.4. The number of hydrogen-bond donors (Lipinski definition) is 5. The van der Waals surface area contributed by atoms with Crippen LogP contribution < -0.4 is 20.3 Å². The summed E-state index contributed by atoms with van der Waals surface area (Å²) >= 11 is 0. The Hall–Kier alpha value is -7.08. The van der Waals surface area contributed by atoms with Crippen molar-refractivity contribution in [3.8, 4) is 28.3 Å². The minimum atomic E-state index is -1.30. The maximum Gasteiger partial charge on any atom is 0.328 e. The van der Waals surface area contributed by atoms with E-state index >= 15 is 8.78 Å². The lowest BCUT2D eigenvalue weighted by Gasteiger charge is -2.51. The van der Waals surface area contributed by atoms with Crippen LogP contribution in [0.1, 0.15) is 76.9 Å². The maximum atomic E-state index is 15.3. The predicted octanol–water partition coefficient (Wildman–Crippen LogP) is 7.55. The zero-order chi connectivity index (χ0) is 48.8. The number of carbonyl (C=O) groups excluding carboxylic acids is 4. The Morgan fingerprint density at radius 3 is 2.39 bits per heavy atom. The molecule has 358 valence electrons. The molecule has 2 aromatic heterocycles. The molecule has 9 rings (SSSR count). The molecule has 5 amide bonds. The number of nitrogens with zero attached hydrogens (tertiary/aromatic N) is 5. The van der Waals surface area contributed by atoms with Gasteiger partial charge in [-0.25, -0.2) is 23.5 Å². The van der Waals surface area contributed by atoms with E-state index in [2.05, 4.69) is 42.6 Å². The molecule has 0 radical (unpaired) electrons. The second kappa shape index (κ2) is 18.8. The van der Waals surface area contributed by atoms with Gasteiger partial charge in [0.2, 0.25) is 5.91 Å². The molecule has 3 aliphatic rings. The number of likely N-dealkylation sites (tertiary alicyclic amines) is 2. The maximum absolute atomic E-state index is 15.3. The summed E-state index contributed by atoms with van der Waals surface area (Å²) in [7, 11) is 1.49. The summed E-state index contributed by atoms with van der Waals surface area (Å²) < 4.78 is 35.8. The molecule has 3 fully saturated rings. The molecule has 17 heteroatoms. The average molecular weight is 941 g/mol. The van der Waals surface area contributed by atoms with Gasteiger partial charge in [-0.05, 0) is 123 Å². The number of imide groups is 1. The second-order valence-electron chi connectivity index (χ2n) is 18.9. The molecule has 0 bridgehead atoms. The fraction of sp³-hybridized carbons (Fsp3) is 0.346. The first-order valence-electron chi connectivity index (χ1n) is 23.0. The summed E-state index contributed by atoms with van der Waals surface area (Å²) in [6, 6.07) is 21.0. The van der Waals surface area contributed by atoms with E-state index in [1.54, 1.807) is 25.1 Å². The van der Waals surface area contributed by atoms with Crippen molar-refractivity contribution in [2.45, 2.75) is 58.6 Å². The molecule has 1 spiro atoms. The number of nitrogens with one attached hydrogen (secondary N) is 3. The van der Waals surface area contributed by atoms with Crippen LogP contribution >= 0.6 is 0 Å². The van der Waals surface area contributed by atoms with Gasteiger partial charge in [-0.1, -0.05) is 30.3 Å². The van der Waals surface area contributed by atoms with Gasteiger partial charge in [-0.2, -0.15) is 0 Å². The molecule has 0 aliphatic carbocycles. The van der Waals surface area contributed by atoms with Crippen LogP contribution in [0.15, 0.2) is 85.2 Å². The number of H-pyrrole nitrogens is 1. The number of benzene rings is 4. The molecule has 69 heavy (non-hydrogen) atoms. The summed E-state index contributed by atoms with van der Waals surface area (Å²) in [5.74, 6) is -2.24. The van der Waals surface area contributed by atoms with Crippen LogP contribution in [0.2, 0.25) is 0 Å². The van der Waals surface area contributed by atoms with Gasteiger partial charge in [0.15, 0.2) is 0 Å². The molecule has 3 saturated heterocycles. The highest BCUT2D eigenvalue weighted by Crippen LogP contribution is 2.46. The molecule has 5 heterocycles. The summed E-state index contributed by atoms with van der Waals surface area (Å²) in [6.07, 6.45) is 3.95. The van der Waals surface area contributed by atoms with Crippen LogP contribution in [0.25, 0.3) is 33.5 Å². The lowest BCUT2D eigenvalue weighted by molar-refractivity contribution is -0.120. The second-order valence-corrected chi connectivity index (χ2v) is 18.9. The number of rotatable bonds is 11. The van der Waals surface area contributed by atoms with Gasteiger partial charge >= 0.3 is 6.03 Å². The molecule has 4 aromatic carbocycles. The van der Waals surface area contributed by atoms with E-state index in [9.17, 15) is 29.4 Å². The van der Waals surface area contributed by atoms with Gasteiger partial charge in [0.1, 0.15) is 29.4 Å². The van der Waals surface area contributed by atoms with Crippen LogP contribution in [0.5, 0.6) is 5.75 Å². The Labute approximate surface area is 397 Å². The van der Waals surface area contributed by atoms with Crippen molar-refractivity contribution in [3.63, 3.8) is 0 Å². The highest BCUT2D eigenvalue weighted by molar-refractivity contribution is 6.07. The number of anilines is 2. The Kier molecular flexibility index (Phi) is 12.8. The fourth-order valence-electron chi connectivity index (χ4n) is 10.1. The highest BCUT2D eigenvalue weighted by Gasteiger charge is 2.45. The number of fused-ring (bicyclic) bond motifs is 1. The Bertz CT molecular complexity index is 2980. The van der Waals surface area contributed by atoms with E-state index in [0.717, 1.165) is 55.2 Å². The van der Waals surface area contributed by atoms with Crippen LogP contribution in [0.3, 0.4) is 0 Å². The largest absolute Gasteiger partial charge is 0.495 e. The van der Waals surface area contributed by atoms with E-state index in [4.69, 9.17) is 4.74 Å². The van der Waals surface area contributed by atoms with Gasteiger partial charge < -0.3 is 30.2 Å². The van der Waals surface area contributed by atoms with E-state index in [1.807, 2.05) is 23.1 Å². The molecule has 6 aromatic rings. The number of ether oxygens (including phenoxy) is 1. The van der Waals surface area contributed by atoms with E-state index in [0.29, 0.717) is 70.1 Å². The van der Waals surface area contributed by atoms with Gasteiger partial charge in [-0.15, -0.1) is 0 Å². The van der Waals surface area contributed by atoms with Crippen molar-refractivity contribution in [3.05, 3.63) is 125 Å². The van der Waals surface area contributed by atoms with E-state index in [-0.39, 0.29) is 54.0 Å². The van der Waals surface area contributed by atoms with Gasteiger partial charge in [0, 0.05) is 79.6 Å². The lowest BCUT2D eigenvalue weighted by atomic mass is 9.64. The fourth-order valence-corrected chi connectivity index (χ4v) is 10.1. The molecular formula is C52H54F2N8O7. The summed E-state index contributed by atoms with van der Waals surface area (Å²) in [5, 5.41) is 26.6. The third kappa shape index (κ3) is 9.41. The van der Waals surface area contributed by atoms with E-state index in [1.165, 1.54) is 56.4 Å². The topological polar surface area (TPSA) is 193 Å². The van der Waals surface area contributed by atoms with Crippen molar-refractivity contribution in [2.24, 2.45) is 11.3 Å². The first kappa shape index (κ1) is 47.0. The molecule has 3 aliphatic heterocycles. The first-order chi connectivity index (χ1) is 33.0. The number of methoxy groups -OCH3 is 1. The van der Waals surface area contributed by atoms with Crippen molar-refractivity contribution >= 4 is 46.2 Å². The Morgan fingerprint density at radius 1 is 0.942 bits per heavy atom. The highest BCUT2D eigenvalue weighted by atomic mass is 19.1. The smallest absolute Gasteiger partial charge is 0.328 e. The van der Waals surface area contributed by atoms with Gasteiger partial charge in [0.05, 0.1) is 29.7 Å². The molecule has 15 nitrogen and oxygen atoms in total. The number of hydrogen-bond acceptors (Lipinski definition) is 10. The molecule has 5 N–H and O–H groups in total. The summed E-state index contributed by atoms with van der Waals surface area (Å²) in [5.41, 5.74) is 4.37. The van der Waals surface area contributed by atoms with Crippen molar-refractivity contribution in [1.82, 2.24) is 30.1 Å². The van der Waals surface area contributed by atoms with Crippen molar-refractivity contribution < 1.29 is 42.9 Å². The number of carbonyl (C=O) groups is 4. The Balaban J connectivity index is 0.840. The van der Waals surface area contributed by atoms with Crippen LogP contribution in [0, 0.1) is 29.9 Å². The number of urea groups is 1. The monoisotopic (exact) mass is 940 g/mol. The zero-order valence-corrected chi connectivity index (χ0v) is 38.9. The van der Waals surface area contributed by atoms with Crippen LogP contribution in [-0.4, -0.2) is 105 Å². The van der Waals surface area contributed by atoms with Crippen LogP contribution in [0.4, 0.5) is 25.0 Å². The first-order valence-corrected chi connectivity index (χ1v) is 23.0. The number of aromatic nitrogens is 3. The normalized spacial score (nSPS) is 17.6. The van der Waals surface area contributed by atoms with Crippen LogP contribution in [-0.2, 0) is 16.9 Å². The van der Waals surface area contributed by atoms with E-state index < -0.39 is 29.2 Å². The van der Waals surface area contributed by atoms with Gasteiger partial charge in [-0.3, -0.25) is 29.5 Å². The van der Waals surface area contributed by atoms with Gasteiger partial charge in [0.25, 0.3) is 11.8 Å². The average Bonchev–Trinajstić information content (AvgIpc) is 3.78. The molecule has 0 unspecified atom stereocenters. The van der Waals surface area contributed by atoms with Crippen molar-refractivity contribution in [2.75, 3.05) is 56.7 Å². The third-order valence-electron chi connectivity index (χ3n) is 14.2. The van der Waals surface area contributed by atoms with Crippen molar-refractivity contribution in [1.29, 1.82) is 0 Å². The summed E-state index contributed by atoms with van der Waals surface area (Å²) in [6.45, 7) is 8.33. The predicted molar refractivity (Wildman–Crippen MR) is 256 cm³/mol. The number of aromatic amines is 1. The number of aliphatic hydroxyl groups excluding tert-OH is 1. The standard InChI is InChI=1S/C52H54F2N8O7/c1-30-38(23-36(53)24-41(30)58-48(65)37-11-10-34(22-40(37)54)51(2,3)68)46-39-25-42(57-47(39)56-29-55-46)32-7-5-31(6-8-32)26-60-18-14-52(35(27-60)28-63)15-19-61(20-16-52)49(66)33-9-12-44(69-4)43(21-33)62-17-13-45(64)59-50(62)67/h5-12,21-25,29,35,63,68H,13-20,26-28H2,1-4H3,(H,58,65)(H,55,56,57)(H,59,64,67)/t35-/m0/s1. The quantitative estimate of drug-likeness (QED) is 0.0867. The zero-order valence-electron chi connectivity index (χ0n) is 38.9. The SMILES string of the molecule is COc1ccc(C(=O)N2CCC3(CCN(Cc4ccc(-c5cc6c(-c7cc(F)cc(NC(=O)c8ccc(C(C)(C)O)cc8F)c7C)ncnc6[nH]5)cc4)C[C@H]3CO)CC2)cc1N1CCC(=O)NC1=O. The third-order valence-corrected chi connectivity index (χ3v) is 14.2. The molecule has 1 atom stereocenters. The number of amides is 5. The number of piperidine rings is 2. The molecular weight excluding hydrogens is 887 g/mol. The lowest BCUT2D eigenvalue weighted by Crippen LogP contribution is -2.54. The molecule has 0 saturated carbocycles. The number of aliphatic hydroxyl groups is 2. The minimum Gasteiger partial charge on any atom is -0.495 e.